The molecule has 3 N–H and O–H groups in total. The van der Waals surface area contributed by atoms with E-state index in [-0.39, 0.29) is 12.1 Å². The van der Waals surface area contributed by atoms with Gasteiger partial charge in [-0.25, -0.2) is 9.59 Å². The second-order valence-corrected chi connectivity index (χ2v) is 8.35. The number of nitrogens with two attached hydrogens (primary N) is 1. The number of fused-ring (bicyclic) bond motifs is 1. The lowest BCUT2D eigenvalue weighted by molar-refractivity contribution is 0.0221. The molecule has 7 nitrogen and oxygen atoms in total. The Labute approximate surface area is 152 Å². The number of piperidine rings is 1. The van der Waals surface area contributed by atoms with E-state index in [0.717, 1.165) is 0 Å². The van der Waals surface area contributed by atoms with Crippen LogP contribution in [0.5, 0.6) is 0 Å². The van der Waals surface area contributed by atoms with Crippen LogP contribution in [-0.2, 0) is 9.47 Å². The third-order valence-corrected chi connectivity index (χ3v) is 5.54. The molecule has 4 aliphatic rings. The summed E-state index contributed by atoms with van der Waals surface area (Å²) >= 11 is 0. The Hall–Kier alpha value is -2.44. The molecule has 5 rings (SSSR count). The van der Waals surface area contributed by atoms with Gasteiger partial charge in [-0.3, -0.25) is 4.90 Å². The molecule has 0 aromatic heterocycles. The van der Waals surface area contributed by atoms with Crippen molar-refractivity contribution in [1.29, 1.82) is 0 Å². The number of carbonyl (C=O) groups excluding carboxylic acids is 2. The molecule has 1 aromatic rings. The number of hydrogen-bond acceptors (Lipinski definition) is 6. The minimum absolute atomic E-state index is 0.103. The van der Waals surface area contributed by atoms with Gasteiger partial charge in [0, 0.05) is 12.6 Å². The summed E-state index contributed by atoms with van der Waals surface area (Å²) in [5, 5.41) is 3.31. The van der Waals surface area contributed by atoms with Crippen molar-refractivity contribution in [3.63, 3.8) is 0 Å². The fourth-order valence-electron chi connectivity index (χ4n) is 4.30. The van der Waals surface area contributed by atoms with E-state index in [1.807, 2.05) is 25.7 Å². The third-order valence-electron chi connectivity index (χ3n) is 5.54. The van der Waals surface area contributed by atoms with Crippen LogP contribution < -0.4 is 11.1 Å². The predicted octanol–water partition coefficient (Wildman–Crippen LogP) is 2.33. The highest BCUT2D eigenvalue weighted by atomic mass is 16.6. The predicted molar refractivity (Wildman–Crippen MR) is 96.8 cm³/mol. The van der Waals surface area contributed by atoms with Crippen LogP contribution in [0.2, 0.25) is 0 Å². The Morgan fingerprint density at radius 1 is 1.23 bits per heavy atom. The van der Waals surface area contributed by atoms with Crippen LogP contribution in [0.25, 0.3) is 0 Å². The van der Waals surface area contributed by atoms with Gasteiger partial charge in [0.05, 0.1) is 30.1 Å². The minimum Gasteiger partial charge on any atom is -0.465 e. The number of ether oxygens (including phenoxy) is 2. The van der Waals surface area contributed by atoms with Crippen molar-refractivity contribution in [3.05, 3.63) is 23.8 Å². The lowest BCUT2D eigenvalue weighted by atomic mass is 10.1. The average Bonchev–Trinajstić information content (AvgIpc) is 3.40. The summed E-state index contributed by atoms with van der Waals surface area (Å²) in [6, 6.07) is 5.45. The number of methoxy groups -OCH3 is 1. The molecule has 4 fully saturated rings. The normalized spacial score (nSPS) is 30.5. The smallest absolute Gasteiger partial charge is 0.410 e. The van der Waals surface area contributed by atoms with E-state index in [2.05, 4.69) is 5.32 Å². The van der Waals surface area contributed by atoms with Crippen molar-refractivity contribution >= 4 is 23.4 Å². The monoisotopic (exact) mass is 359 g/mol. The molecule has 2 saturated heterocycles. The molecule has 5 atom stereocenters. The van der Waals surface area contributed by atoms with Gasteiger partial charge in [-0.15, -0.1) is 0 Å². The maximum atomic E-state index is 12.6. The van der Waals surface area contributed by atoms with E-state index >= 15 is 0 Å². The molecule has 26 heavy (non-hydrogen) atoms. The molecule has 2 heterocycles. The Morgan fingerprint density at radius 3 is 2.54 bits per heavy atom. The van der Waals surface area contributed by atoms with Crippen molar-refractivity contribution < 1.29 is 19.1 Å². The van der Waals surface area contributed by atoms with Crippen molar-refractivity contribution in [2.75, 3.05) is 24.7 Å². The quantitative estimate of drug-likeness (QED) is 0.633. The molecule has 140 valence electrons. The molecule has 0 radical (unpaired) electrons. The average molecular weight is 359 g/mol. The minimum atomic E-state index is -0.503. The Kier molecular flexibility index (Phi) is 3.61. The molecule has 1 aromatic carbocycles. The molecule has 7 heteroatoms. The highest BCUT2D eigenvalue weighted by Crippen LogP contribution is 2.78. The zero-order chi connectivity index (χ0) is 18.8. The molecular formula is C19H25N3O4. The van der Waals surface area contributed by atoms with E-state index in [1.165, 1.54) is 7.11 Å². The lowest BCUT2D eigenvalue weighted by Crippen LogP contribution is -2.43. The maximum absolute atomic E-state index is 12.6. The summed E-state index contributed by atoms with van der Waals surface area (Å²) in [7, 11) is 1.35. The van der Waals surface area contributed by atoms with Crippen LogP contribution in [0, 0.1) is 17.8 Å². The zero-order valence-corrected chi connectivity index (χ0v) is 15.5. The van der Waals surface area contributed by atoms with Crippen LogP contribution in [0.4, 0.5) is 16.2 Å². The zero-order valence-electron chi connectivity index (χ0n) is 15.5. The van der Waals surface area contributed by atoms with Gasteiger partial charge in [0.15, 0.2) is 0 Å². The summed E-state index contributed by atoms with van der Waals surface area (Å²) < 4.78 is 10.3. The summed E-state index contributed by atoms with van der Waals surface area (Å²) in [5.41, 5.74) is 7.19. The maximum Gasteiger partial charge on any atom is 0.410 e. The third kappa shape index (κ3) is 2.66. The molecule has 2 aliphatic carbocycles. The second-order valence-electron chi connectivity index (χ2n) is 8.35. The van der Waals surface area contributed by atoms with E-state index in [0.29, 0.717) is 47.3 Å². The van der Waals surface area contributed by atoms with Crippen molar-refractivity contribution in [2.24, 2.45) is 17.8 Å². The van der Waals surface area contributed by atoms with Crippen LogP contribution in [0.1, 0.15) is 31.1 Å². The number of amides is 1. The fraction of sp³-hybridized carbons (Fsp3) is 0.579. The number of nitrogens with zero attached hydrogens (tertiary/aromatic N) is 1. The van der Waals surface area contributed by atoms with E-state index < -0.39 is 11.6 Å². The van der Waals surface area contributed by atoms with Crippen LogP contribution in [0.15, 0.2) is 18.2 Å². The number of rotatable bonds is 4. The topological polar surface area (TPSA) is 93.9 Å². The van der Waals surface area contributed by atoms with Crippen LogP contribution in [-0.4, -0.2) is 48.3 Å². The van der Waals surface area contributed by atoms with Gasteiger partial charge in [0.1, 0.15) is 5.60 Å². The first kappa shape index (κ1) is 17.0. The summed E-state index contributed by atoms with van der Waals surface area (Å²) in [5.74, 6) is 1.45. The fourth-order valence-corrected chi connectivity index (χ4v) is 4.30. The van der Waals surface area contributed by atoms with E-state index in [1.54, 1.807) is 18.2 Å². The molecular weight excluding hydrogens is 334 g/mol. The molecule has 0 spiro atoms. The van der Waals surface area contributed by atoms with Gasteiger partial charge >= 0.3 is 12.1 Å². The largest absolute Gasteiger partial charge is 0.465 e. The van der Waals surface area contributed by atoms with E-state index in [9.17, 15) is 9.59 Å². The van der Waals surface area contributed by atoms with Crippen LogP contribution in [0.3, 0.4) is 0 Å². The molecule has 2 aliphatic heterocycles. The van der Waals surface area contributed by atoms with Gasteiger partial charge < -0.3 is 20.5 Å². The highest BCUT2D eigenvalue weighted by molar-refractivity contribution is 5.92. The van der Waals surface area contributed by atoms with Gasteiger partial charge in [0.2, 0.25) is 0 Å². The van der Waals surface area contributed by atoms with Crippen molar-refractivity contribution in [1.82, 2.24) is 4.90 Å². The Morgan fingerprint density at radius 2 is 1.92 bits per heavy atom. The first-order valence-corrected chi connectivity index (χ1v) is 8.96. The Bertz CT molecular complexity index is 763. The van der Waals surface area contributed by atoms with Gasteiger partial charge in [0.25, 0.3) is 0 Å². The van der Waals surface area contributed by atoms with Crippen molar-refractivity contribution in [3.8, 4) is 0 Å². The SMILES string of the molecule is COC(=O)c1ccc(N)c(NC[C@H]2C3C4C([C@H]43)N2C(=O)OC(C)(C)C)c1. The number of carbonyl (C=O) groups is 2. The highest BCUT2D eigenvalue weighted by Gasteiger charge is 2.85. The number of anilines is 2. The second kappa shape index (κ2) is 5.53. The number of nitrogen functional groups attached to an aromatic ring is 1. The number of esters is 1. The number of benzene rings is 1. The first-order valence-electron chi connectivity index (χ1n) is 8.96. The van der Waals surface area contributed by atoms with E-state index in [4.69, 9.17) is 15.2 Å². The first-order chi connectivity index (χ1) is 12.2. The molecule has 3 unspecified atom stereocenters. The van der Waals surface area contributed by atoms with Gasteiger partial charge in [-0.1, -0.05) is 0 Å². The van der Waals surface area contributed by atoms with Gasteiger partial charge in [-0.05, 0) is 56.7 Å². The summed E-state index contributed by atoms with van der Waals surface area (Å²) in [6.07, 6.45) is -0.238. The van der Waals surface area contributed by atoms with Crippen molar-refractivity contribution in [2.45, 2.75) is 38.5 Å². The summed E-state index contributed by atoms with van der Waals surface area (Å²) in [6.45, 7) is 6.22. The number of hydrogen-bond donors (Lipinski definition) is 2. The summed E-state index contributed by atoms with van der Waals surface area (Å²) in [4.78, 5) is 26.2. The molecule has 2 saturated carbocycles. The number of nitrogens with one attached hydrogen (secondary N) is 1. The molecule has 2 bridgehead atoms. The molecule has 1 amide bonds. The Balaban J connectivity index is 1.45. The lowest BCUT2D eigenvalue weighted by Gasteiger charge is -2.28. The van der Waals surface area contributed by atoms with Crippen LogP contribution >= 0.6 is 0 Å². The van der Waals surface area contributed by atoms with Gasteiger partial charge in [-0.2, -0.15) is 0 Å². The standard InChI is InChI=1S/C19H25N3O4/c1-19(2,3)26-18(24)22-12(13-14-15(13)16(14)22)8-21-11-7-9(17(23)25-4)5-6-10(11)20/h5-7,12-16,21H,8,20H2,1-4H3/t12-,13?,14-,15?,16?/m0/s1.